The van der Waals surface area contributed by atoms with E-state index in [1.807, 2.05) is 35.7 Å². The molecule has 3 heterocycles. The SMILES string of the molecule is NS(=O)(=O)OC[C@H]1C[C@@H](Nc2ncncc2C(=O)c2cc(C3(c4cccc(Cl)c4)CCCN3)cs2)C[C@@H]1O. The Kier molecular flexibility index (Phi) is 7.83. The van der Waals surface area contributed by atoms with Crippen molar-refractivity contribution in [2.75, 3.05) is 18.5 Å². The maximum atomic E-state index is 13.6. The molecule has 4 atom stereocenters. The van der Waals surface area contributed by atoms with E-state index in [-0.39, 0.29) is 18.4 Å². The summed E-state index contributed by atoms with van der Waals surface area (Å²) in [5.41, 5.74) is 1.97. The molecule has 1 aliphatic carbocycles. The predicted molar refractivity (Wildman–Crippen MR) is 144 cm³/mol. The molecule has 1 saturated heterocycles. The van der Waals surface area contributed by atoms with Crippen LogP contribution in [0.4, 0.5) is 5.82 Å². The van der Waals surface area contributed by atoms with Crippen LogP contribution in [0, 0.1) is 5.92 Å². The van der Waals surface area contributed by atoms with Crippen LogP contribution in [-0.2, 0) is 20.0 Å². The van der Waals surface area contributed by atoms with Gasteiger partial charge in [-0.3, -0.25) is 8.98 Å². The molecule has 5 rings (SSSR count). The molecule has 1 saturated carbocycles. The number of rotatable bonds is 9. The molecule has 202 valence electrons. The lowest BCUT2D eigenvalue weighted by atomic mass is 9.83. The Labute approximate surface area is 229 Å². The fraction of sp³-hybridized carbons (Fsp3) is 0.400. The van der Waals surface area contributed by atoms with E-state index < -0.39 is 27.9 Å². The van der Waals surface area contributed by atoms with Crippen molar-refractivity contribution in [3.8, 4) is 0 Å². The van der Waals surface area contributed by atoms with Crippen LogP contribution in [0.25, 0.3) is 0 Å². The molecule has 1 unspecified atom stereocenters. The summed E-state index contributed by atoms with van der Waals surface area (Å²) in [4.78, 5) is 22.5. The number of hydrogen-bond acceptors (Lipinski definition) is 10. The Bertz CT molecular complexity index is 1430. The van der Waals surface area contributed by atoms with Crippen molar-refractivity contribution in [3.05, 3.63) is 74.8 Å². The molecule has 13 heteroatoms. The second kappa shape index (κ2) is 11.0. The molecule has 0 radical (unpaired) electrons. The van der Waals surface area contributed by atoms with Crippen LogP contribution in [0.5, 0.6) is 0 Å². The van der Waals surface area contributed by atoms with Crippen LogP contribution in [0.15, 0.2) is 48.2 Å². The maximum Gasteiger partial charge on any atom is 0.333 e. The van der Waals surface area contributed by atoms with Crippen molar-refractivity contribution in [2.24, 2.45) is 11.1 Å². The molecule has 10 nitrogen and oxygen atoms in total. The highest BCUT2D eigenvalue weighted by Gasteiger charge is 2.39. The largest absolute Gasteiger partial charge is 0.393 e. The number of aliphatic hydroxyl groups excluding tert-OH is 1. The number of hydrogen-bond donors (Lipinski definition) is 4. The number of carbonyl (C=O) groups is 1. The number of nitrogens with two attached hydrogens (primary N) is 1. The van der Waals surface area contributed by atoms with E-state index in [0.717, 1.165) is 30.5 Å². The van der Waals surface area contributed by atoms with Crippen molar-refractivity contribution >= 4 is 44.8 Å². The first kappa shape index (κ1) is 27.1. The van der Waals surface area contributed by atoms with Crippen LogP contribution < -0.4 is 15.8 Å². The number of nitrogens with one attached hydrogen (secondary N) is 2. The van der Waals surface area contributed by atoms with Gasteiger partial charge in [0.1, 0.15) is 12.1 Å². The Morgan fingerprint density at radius 2 is 2.16 bits per heavy atom. The van der Waals surface area contributed by atoms with Gasteiger partial charge in [0.25, 0.3) is 0 Å². The van der Waals surface area contributed by atoms with Gasteiger partial charge in [-0.25, -0.2) is 15.1 Å². The van der Waals surface area contributed by atoms with Gasteiger partial charge >= 0.3 is 10.3 Å². The number of halogens is 1. The van der Waals surface area contributed by atoms with Crippen LogP contribution in [0.3, 0.4) is 0 Å². The molecular weight excluding hydrogens is 550 g/mol. The molecule has 0 amide bonds. The van der Waals surface area contributed by atoms with Gasteiger partial charge in [-0.1, -0.05) is 23.7 Å². The van der Waals surface area contributed by atoms with Crippen LogP contribution in [-0.4, -0.2) is 54.6 Å². The van der Waals surface area contributed by atoms with Crippen molar-refractivity contribution in [1.82, 2.24) is 15.3 Å². The maximum absolute atomic E-state index is 13.6. The number of thiophene rings is 1. The lowest BCUT2D eigenvalue weighted by Gasteiger charge is -2.30. The minimum absolute atomic E-state index is 0.212. The van der Waals surface area contributed by atoms with Crippen LogP contribution in [0.2, 0.25) is 5.02 Å². The summed E-state index contributed by atoms with van der Waals surface area (Å²) >= 11 is 7.66. The normalized spacial score (nSPS) is 25.5. The number of carbonyl (C=O) groups excluding carboxylic acids is 1. The highest BCUT2D eigenvalue weighted by molar-refractivity contribution is 7.84. The van der Waals surface area contributed by atoms with E-state index >= 15 is 0 Å². The third-order valence-electron chi connectivity index (χ3n) is 7.19. The number of anilines is 1. The predicted octanol–water partition coefficient (Wildman–Crippen LogP) is 2.82. The van der Waals surface area contributed by atoms with Gasteiger partial charge in [0.2, 0.25) is 5.78 Å². The average Bonchev–Trinajstić information content (AvgIpc) is 3.63. The molecule has 2 fully saturated rings. The first-order chi connectivity index (χ1) is 18.1. The molecule has 3 aromatic rings. The topological polar surface area (TPSA) is 157 Å². The third-order valence-corrected chi connectivity index (χ3v) is 8.82. The quantitative estimate of drug-likeness (QED) is 0.281. The summed E-state index contributed by atoms with van der Waals surface area (Å²) < 4.78 is 26.9. The van der Waals surface area contributed by atoms with Gasteiger partial charge < -0.3 is 15.7 Å². The number of aliphatic hydroxyl groups is 1. The molecule has 1 aliphatic heterocycles. The van der Waals surface area contributed by atoms with Gasteiger partial charge in [-0.05, 0) is 66.9 Å². The summed E-state index contributed by atoms with van der Waals surface area (Å²) in [5.74, 6) is -0.279. The lowest BCUT2D eigenvalue weighted by Crippen LogP contribution is -2.37. The molecule has 1 aromatic carbocycles. The number of nitrogens with zero attached hydrogens (tertiary/aromatic N) is 2. The summed E-state index contributed by atoms with van der Waals surface area (Å²) in [6, 6.07) is 9.47. The second-order valence-electron chi connectivity index (χ2n) is 9.68. The molecule has 2 aliphatic rings. The van der Waals surface area contributed by atoms with Gasteiger partial charge in [0.15, 0.2) is 0 Å². The van der Waals surface area contributed by atoms with Crippen molar-refractivity contribution in [1.29, 1.82) is 0 Å². The zero-order valence-corrected chi connectivity index (χ0v) is 22.7. The Hall–Kier alpha value is -2.45. The van der Waals surface area contributed by atoms with E-state index in [0.29, 0.717) is 34.1 Å². The van der Waals surface area contributed by atoms with Crippen molar-refractivity contribution in [2.45, 2.75) is 43.4 Å². The first-order valence-corrected chi connectivity index (χ1v) is 14.9. The van der Waals surface area contributed by atoms with E-state index in [2.05, 4.69) is 24.8 Å². The van der Waals surface area contributed by atoms with E-state index in [9.17, 15) is 18.3 Å². The van der Waals surface area contributed by atoms with E-state index in [1.165, 1.54) is 23.9 Å². The molecular formula is C25H28ClN5O5S2. The smallest absolute Gasteiger partial charge is 0.333 e. The Morgan fingerprint density at radius 1 is 1.32 bits per heavy atom. The van der Waals surface area contributed by atoms with E-state index in [1.54, 1.807) is 0 Å². The summed E-state index contributed by atoms with van der Waals surface area (Å²) in [6.45, 7) is 0.650. The highest BCUT2D eigenvalue weighted by atomic mass is 35.5. The van der Waals surface area contributed by atoms with Crippen LogP contribution in [0.1, 0.15) is 52.0 Å². The molecule has 5 N–H and O–H groups in total. The minimum atomic E-state index is -4.10. The molecule has 0 bridgehead atoms. The molecule has 38 heavy (non-hydrogen) atoms. The van der Waals surface area contributed by atoms with Crippen LogP contribution >= 0.6 is 22.9 Å². The third kappa shape index (κ3) is 5.76. The number of benzene rings is 1. The zero-order chi connectivity index (χ0) is 26.9. The van der Waals surface area contributed by atoms with Gasteiger partial charge in [0, 0.05) is 23.2 Å². The second-order valence-corrected chi connectivity index (χ2v) is 12.2. The molecule has 0 spiro atoms. The fourth-order valence-corrected chi connectivity index (χ4v) is 6.84. The number of aromatic nitrogens is 2. The summed E-state index contributed by atoms with van der Waals surface area (Å²) in [5, 5.41) is 24.8. The number of ketones is 1. The standard InChI is InChI=1S/C25H28ClN5O5S2/c26-18-4-1-3-16(8-18)25(5-2-6-30-25)17-9-22(37-13-17)23(33)20-11-28-14-29-24(20)31-19-7-15(21(32)10-19)12-36-38(27,34)35/h1,3-4,8-9,11,13-15,19,21,30,32H,2,5-7,10,12H2,(H2,27,34,35)(H,28,29,31)/t15-,19-,21+,25?/m1/s1. The minimum Gasteiger partial charge on any atom is -0.393 e. The highest BCUT2D eigenvalue weighted by Crippen LogP contribution is 2.41. The first-order valence-electron chi connectivity index (χ1n) is 12.2. The van der Waals surface area contributed by atoms with Gasteiger partial charge in [-0.2, -0.15) is 8.42 Å². The fourth-order valence-electron chi connectivity index (χ4n) is 5.36. The monoisotopic (exact) mass is 577 g/mol. The Balaban J connectivity index is 1.35. The summed E-state index contributed by atoms with van der Waals surface area (Å²) in [6.07, 6.45) is 4.70. The van der Waals surface area contributed by atoms with Gasteiger partial charge in [-0.15, -0.1) is 11.3 Å². The lowest BCUT2D eigenvalue weighted by molar-refractivity contribution is 0.101. The zero-order valence-electron chi connectivity index (χ0n) is 20.3. The average molecular weight is 578 g/mol. The van der Waals surface area contributed by atoms with E-state index in [4.69, 9.17) is 16.7 Å². The summed E-state index contributed by atoms with van der Waals surface area (Å²) in [7, 11) is -4.10. The molecule has 2 aromatic heterocycles. The van der Waals surface area contributed by atoms with Crippen molar-refractivity contribution in [3.63, 3.8) is 0 Å². The Morgan fingerprint density at radius 3 is 2.89 bits per heavy atom. The van der Waals surface area contributed by atoms with Crippen molar-refractivity contribution < 1.29 is 22.5 Å². The van der Waals surface area contributed by atoms with Gasteiger partial charge in [0.05, 0.1) is 28.7 Å².